The van der Waals surface area contributed by atoms with Crippen molar-refractivity contribution >= 4 is 29.0 Å². The van der Waals surface area contributed by atoms with E-state index in [1.54, 1.807) is 16.2 Å². The van der Waals surface area contributed by atoms with E-state index in [0.29, 0.717) is 17.5 Å². The number of nitrogens with zero attached hydrogens (tertiary/aromatic N) is 3. The standard InChI is InChI=1S/C12H16N4OS2/c1-3-10-13-12(15-14-10)19-8-11(17)16(2)6-9-4-5-18-7-9/h4-5,7H,3,6,8H2,1-2H3,(H,13,14,15). The van der Waals surface area contributed by atoms with E-state index in [1.165, 1.54) is 11.8 Å². The molecular formula is C12H16N4OS2. The molecule has 5 nitrogen and oxygen atoms in total. The van der Waals surface area contributed by atoms with Gasteiger partial charge < -0.3 is 4.90 Å². The van der Waals surface area contributed by atoms with Crippen LogP contribution in [-0.2, 0) is 17.8 Å². The van der Waals surface area contributed by atoms with Gasteiger partial charge in [-0.3, -0.25) is 9.89 Å². The highest BCUT2D eigenvalue weighted by Gasteiger charge is 2.12. The summed E-state index contributed by atoms with van der Waals surface area (Å²) in [6.45, 7) is 2.66. The van der Waals surface area contributed by atoms with Crippen molar-refractivity contribution < 1.29 is 4.79 Å². The Morgan fingerprint density at radius 2 is 2.42 bits per heavy atom. The Morgan fingerprint density at radius 3 is 3.05 bits per heavy atom. The predicted molar refractivity (Wildman–Crippen MR) is 77.3 cm³/mol. The molecule has 7 heteroatoms. The van der Waals surface area contributed by atoms with Crippen LogP contribution in [0.2, 0.25) is 0 Å². The molecule has 0 saturated carbocycles. The van der Waals surface area contributed by atoms with E-state index < -0.39 is 0 Å². The van der Waals surface area contributed by atoms with Gasteiger partial charge >= 0.3 is 0 Å². The largest absolute Gasteiger partial charge is 0.341 e. The Morgan fingerprint density at radius 1 is 1.58 bits per heavy atom. The molecule has 0 fully saturated rings. The fourth-order valence-electron chi connectivity index (χ4n) is 1.48. The van der Waals surface area contributed by atoms with Crippen molar-refractivity contribution in [2.24, 2.45) is 0 Å². The molecule has 0 aliphatic heterocycles. The Bertz CT molecular complexity index is 524. The third kappa shape index (κ3) is 4.07. The molecule has 2 heterocycles. The highest BCUT2D eigenvalue weighted by Crippen LogP contribution is 2.14. The number of hydrogen-bond donors (Lipinski definition) is 1. The van der Waals surface area contributed by atoms with E-state index in [-0.39, 0.29) is 5.91 Å². The van der Waals surface area contributed by atoms with Crippen molar-refractivity contribution in [3.63, 3.8) is 0 Å². The minimum Gasteiger partial charge on any atom is -0.341 e. The first kappa shape index (κ1) is 14.1. The van der Waals surface area contributed by atoms with Gasteiger partial charge in [-0.15, -0.1) is 5.10 Å². The highest BCUT2D eigenvalue weighted by molar-refractivity contribution is 7.99. The molecule has 0 saturated heterocycles. The lowest BCUT2D eigenvalue weighted by molar-refractivity contribution is -0.127. The molecule has 1 N–H and O–H groups in total. The summed E-state index contributed by atoms with van der Waals surface area (Å²) in [6, 6.07) is 2.03. The summed E-state index contributed by atoms with van der Waals surface area (Å²) in [6.07, 6.45) is 0.819. The molecule has 2 aromatic rings. The van der Waals surface area contributed by atoms with Crippen LogP contribution < -0.4 is 0 Å². The third-order valence-electron chi connectivity index (χ3n) is 2.60. The molecule has 0 aromatic carbocycles. The van der Waals surface area contributed by atoms with Crippen LogP contribution >= 0.6 is 23.1 Å². The van der Waals surface area contributed by atoms with Crippen molar-refractivity contribution in [1.29, 1.82) is 0 Å². The molecule has 102 valence electrons. The van der Waals surface area contributed by atoms with Crippen molar-refractivity contribution in [1.82, 2.24) is 20.1 Å². The average molecular weight is 296 g/mol. The van der Waals surface area contributed by atoms with Gasteiger partial charge in [0.15, 0.2) is 0 Å². The number of thiophene rings is 1. The number of carbonyl (C=O) groups is 1. The maximum atomic E-state index is 12.0. The van der Waals surface area contributed by atoms with Crippen LogP contribution in [0.3, 0.4) is 0 Å². The van der Waals surface area contributed by atoms with Crippen LogP contribution in [-0.4, -0.2) is 38.8 Å². The Labute approximate surface area is 120 Å². The van der Waals surface area contributed by atoms with Crippen LogP contribution in [0, 0.1) is 0 Å². The van der Waals surface area contributed by atoms with E-state index in [2.05, 4.69) is 20.6 Å². The molecule has 2 rings (SSSR count). The minimum absolute atomic E-state index is 0.0825. The van der Waals surface area contributed by atoms with Gasteiger partial charge in [0.05, 0.1) is 5.75 Å². The number of aromatic nitrogens is 3. The monoisotopic (exact) mass is 296 g/mol. The molecular weight excluding hydrogens is 280 g/mol. The summed E-state index contributed by atoms with van der Waals surface area (Å²) in [4.78, 5) is 17.9. The van der Waals surface area contributed by atoms with Gasteiger partial charge in [0.1, 0.15) is 5.82 Å². The number of H-pyrrole nitrogens is 1. The fraction of sp³-hybridized carbons (Fsp3) is 0.417. The smallest absolute Gasteiger partial charge is 0.233 e. The van der Waals surface area contributed by atoms with Crippen LogP contribution in [0.25, 0.3) is 0 Å². The molecule has 0 radical (unpaired) electrons. The summed E-state index contributed by atoms with van der Waals surface area (Å²) < 4.78 is 0. The molecule has 0 aliphatic rings. The van der Waals surface area contributed by atoms with Crippen molar-refractivity contribution in [2.45, 2.75) is 25.0 Å². The second-order valence-corrected chi connectivity index (χ2v) is 5.81. The van der Waals surface area contributed by atoms with E-state index in [1.807, 2.05) is 25.4 Å². The number of amides is 1. The van der Waals surface area contributed by atoms with Gasteiger partial charge in [0, 0.05) is 20.0 Å². The maximum absolute atomic E-state index is 12.0. The van der Waals surface area contributed by atoms with Gasteiger partial charge in [-0.2, -0.15) is 11.3 Å². The molecule has 0 spiro atoms. The lowest BCUT2D eigenvalue weighted by atomic mass is 10.3. The molecule has 2 aromatic heterocycles. The number of hydrogen-bond acceptors (Lipinski definition) is 5. The van der Waals surface area contributed by atoms with Crippen LogP contribution in [0.1, 0.15) is 18.3 Å². The zero-order valence-corrected chi connectivity index (χ0v) is 12.6. The second kappa shape index (κ2) is 6.72. The predicted octanol–water partition coefficient (Wildman–Crippen LogP) is 2.18. The first-order valence-electron chi connectivity index (χ1n) is 5.98. The number of aromatic amines is 1. The Hall–Kier alpha value is -1.34. The normalized spacial score (nSPS) is 10.6. The van der Waals surface area contributed by atoms with Gasteiger partial charge in [-0.25, -0.2) is 4.98 Å². The maximum Gasteiger partial charge on any atom is 0.233 e. The summed E-state index contributed by atoms with van der Waals surface area (Å²) in [5.74, 6) is 1.29. The van der Waals surface area contributed by atoms with Gasteiger partial charge in [0.25, 0.3) is 0 Å². The summed E-state index contributed by atoms with van der Waals surface area (Å²) in [7, 11) is 1.82. The zero-order chi connectivity index (χ0) is 13.7. The molecule has 0 bridgehead atoms. The van der Waals surface area contributed by atoms with Gasteiger partial charge in [-0.05, 0) is 22.4 Å². The van der Waals surface area contributed by atoms with Crippen molar-refractivity contribution in [3.8, 4) is 0 Å². The fourth-order valence-corrected chi connectivity index (χ4v) is 2.90. The quantitative estimate of drug-likeness (QED) is 0.830. The molecule has 0 unspecified atom stereocenters. The molecule has 19 heavy (non-hydrogen) atoms. The van der Waals surface area contributed by atoms with E-state index in [4.69, 9.17) is 0 Å². The Balaban J connectivity index is 1.80. The minimum atomic E-state index is 0.0825. The van der Waals surface area contributed by atoms with Crippen molar-refractivity contribution in [3.05, 3.63) is 28.2 Å². The van der Waals surface area contributed by atoms with E-state index in [0.717, 1.165) is 17.8 Å². The van der Waals surface area contributed by atoms with E-state index in [9.17, 15) is 4.79 Å². The van der Waals surface area contributed by atoms with Crippen molar-refractivity contribution in [2.75, 3.05) is 12.8 Å². The SMILES string of the molecule is CCc1nc(SCC(=O)N(C)Cc2ccsc2)n[nH]1. The number of nitrogens with one attached hydrogen (secondary N) is 1. The number of rotatable bonds is 6. The first-order chi connectivity index (χ1) is 9.19. The topological polar surface area (TPSA) is 61.9 Å². The van der Waals surface area contributed by atoms with Gasteiger partial charge in [-0.1, -0.05) is 18.7 Å². The highest BCUT2D eigenvalue weighted by atomic mass is 32.2. The summed E-state index contributed by atoms with van der Waals surface area (Å²) in [5, 5.41) is 11.6. The number of carbonyl (C=O) groups excluding carboxylic acids is 1. The van der Waals surface area contributed by atoms with E-state index >= 15 is 0 Å². The number of aryl methyl sites for hydroxylation is 1. The van der Waals surface area contributed by atoms with Crippen LogP contribution in [0.4, 0.5) is 0 Å². The first-order valence-corrected chi connectivity index (χ1v) is 7.91. The van der Waals surface area contributed by atoms with Crippen LogP contribution in [0.5, 0.6) is 0 Å². The van der Waals surface area contributed by atoms with Gasteiger partial charge in [0.2, 0.25) is 11.1 Å². The lowest BCUT2D eigenvalue weighted by Crippen LogP contribution is -2.27. The second-order valence-electron chi connectivity index (χ2n) is 4.09. The Kier molecular flexibility index (Phi) is 4.98. The lowest BCUT2D eigenvalue weighted by Gasteiger charge is -2.15. The summed E-state index contributed by atoms with van der Waals surface area (Å²) >= 11 is 3.01. The summed E-state index contributed by atoms with van der Waals surface area (Å²) in [5.41, 5.74) is 1.16. The molecule has 0 aliphatic carbocycles. The third-order valence-corrected chi connectivity index (χ3v) is 4.16. The van der Waals surface area contributed by atoms with Crippen LogP contribution in [0.15, 0.2) is 22.0 Å². The molecule has 1 amide bonds. The zero-order valence-electron chi connectivity index (χ0n) is 10.9. The number of thioether (sulfide) groups is 1. The molecule has 0 atom stereocenters. The average Bonchev–Trinajstić information content (AvgIpc) is 3.06.